The molecule has 0 radical (unpaired) electrons. The maximum atomic E-state index is 9.29. The normalized spacial score (nSPS) is 12.1. The van der Waals surface area contributed by atoms with Gasteiger partial charge < -0.3 is 9.84 Å². The number of aliphatic hydroxyl groups excluding tert-OH is 1. The number of hydrogen-bond acceptors (Lipinski definition) is 4. The van der Waals surface area contributed by atoms with Crippen LogP contribution in [0.2, 0.25) is 0 Å². The summed E-state index contributed by atoms with van der Waals surface area (Å²) in [6, 6.07) is 16.1. The van der Waals surface area contributed by atoms with E-state index in [0.29, 0.717) is 12.4 Å². The molecule has 0 fully saturated rings. The average Bonchev–Trinajstić information content (AvgIpc) is 2.78. The van der Waals surface area contributed by atoms with E-state index in [0.717, 1.165) is 47.3 Å². The van der Waals surface area contributed by atoms with Crippen LogP contribution in [-0.4, -0.2) is 27.8 Å². The van der Waals surface area contributed by atoms with Crippen molar-refractivity contribution in [2.45, 2.75) is 32.3 Å². The zero-order valence-corrected chi connectivity index (χ0v) is 17.4. The topological polar surface area (TPSA) is 55.2 Å². The molecule has 4 nitrogen and oxygen atoms in total. The van der Waals surface area contributed by atoms with E-state index in [1.807, 2.05) is 43.6 Å². The van der Waals surface area contributed by atoms with Crippen molar-refractivity contribution in [3.05, 3.63) is 85.2 Å². The minimum Gasteiger partial charge on any atom is -0.490 e. The fraction of sp³-hybridized carbons (Fsp3) is 0.231. The zero-order valence-electron chi connectivity index (χ0n) is 17.4. The van der Waals surface area contributed by atoms with Crippen LogP contribution in [0.15, 0.2) is 79.7 Å². The molecule has 0 spiro atoms. The molecular formula is C26H28N2O2. The fourth-order valence-corrected chi connectivity index (χ4v) is 3.02. The molecule has 1 aromatic heterocycles. The van der Waals surface area contributed by atoms with Crippen molar-refractivity contribution >= 4 is 6.08 Å². The van der Waals surface area contributed by atoms with E-state index in [4.69, 9.17) is 4.74 Å². The van der Waals surface area contributed by atoms with Gasteiger partial charge in [0.1, 0.15) is 12.4 Å². The van der Waals surface area contributed by atoms with Crippen molar-refractivity contribution in [1.82, 2.24) is 9.97 Å². The smallest absolute Gasteiger partial charge is 0.159 e. The molecule has 1 atom stereocenters. The van der Waals surface area contributed by atoms with E-state index >= 15 is 0 Å². The number of aliphatic hydroxyl groups is 1. The maximum absolute atomic E-state index is 9.29. The molecule has 2 aromatic carbocycles. The van der Waals surface area contributed by atoms with E-state index in [-0.39, 0.29) is 6.10 Å². The third kappa shape index (κ3) is 6.39. The molecule has 0 aliphatic heterocycles. The van der Waals surface area contributed by atoms with Gasteiger partial charge in [-0.05, 0) is 61.6 Å². The lowest BCUT2D eigenvalue weighted by molar-refractivity contribution is 0.182. The molecule has 3 rings (SSSR count). The number of rotatable bonds is 10. The van der Waals surface area contributed by atoms with Crippen LogP contribution in [-0.2, 0) is 0 Å². The highest BCUT2D eigenvalue weighted by Gasteiger charge is 2.04. The number of benzene rings is 2. The summed E-state index contributed by atoms with van der Waals surface area (Å²) in [5.41, 5.74) is 4.17. The van der Waals surface area contributed by atoms with Crippen molar-refractivity contribution in [3.8, 4) is 28.3 Å². The Balaban J connectivity index is 1.60. The summed E-state index contributed by atoms with van der Waals surface area (Å²) in [6.07, 6.45) is 12.3. The molecule has 1 unspecified atom stereocenters. The van der Waals surface area contributed by atoms with Crippen molar-refractivity contribution in [2.24, 2.45) is 0 Å². The van der Waals surface area contributed by atoms with Gasteiger partial charge in [0.05, 0.1) is 6.10 Å². The lowest BCUT2D eigenvalue weighted by Gasteiger charge is -2.06. The van der Waals surface area contributed by atoms with Crippen LogP contribution in [0.3, 0.4) is 0 Å². The van der Waals surface area contributed by atoms with E-state index in [1.54, 1.807) is 6.08 Å². The van der Waals surface area contributed by atoms with E-state index in [9.17, 15) is 5.11 Å². The second kappa shape index (κ2) is 11.1. The summed E-state index contributed by atoms with van der Waals surface area (Å²) < 4.78 is 5.50. The second-order valence-electron chi connectivity index (χ2n) is 7.22. The molecule has 154 valence electrons. The molecule has 0 saturated carbocycles. The van der Waals surface area contributed by atoms with E-state index in [2.05, 4.69) is 53.0 Å². The number of allylic oxidation sites excluding steroid dienone is 1. The van der Waals surface area contributed by atoms with Crippen LogP contribution in [0.5, 0.6) is 5.75 Å². The van der Waals surface area contributed by atoms with Crippen molar-refractivity contribution in [3.63, 3.8) is 0 Å². The summed E-state index contributed by atoms with van der Waals surface area (Å²) in [4.78, 5) is 9.04. The van der Waals surface area contributed by atoms with Gasteiger partial charge in [-0.2, -0.15) is 0 Å². The summed E-state index contributed by atoms with van der Waals surface area (Å²) >= 11 is 0. The molecule has 0 amide bonds. The van der Waals surface area contributed by atoms with Gasteiger partial charge >= 0.3 is 0 Å². The predicted octanol–water partition coefficient (Wildman–Crippen LogP) is 5.94. The largest absolute Gasteiger partial charge is 0.490 e. The molecule has 0 bridgehead atoms. The summed E-state index contributed by atoms with van der Waals surface area (Å²) in [5, 5.41) is 9.29. The van der Waals surface area contributed by atoms with Crippen molar-refractivity contribution in [2.75, 3.05) is 6.61 Å². The Morgan fingerprint density at radius 2 is 1.63 bits per heavy atom. The Morgan fingerprint density at radius 1 is 0.967 bits per heavy atom. The molecule has 3 aromatic rings. The summed E-state index contributed by atoms with van der Waals surface area (Å²) in [6.45, 7) is 5.96. The molecule has 0 saturated heterocycles. The van der Waals surface area contributed by atoms with Crippen LogP contribution in [0.25, 0.3) is 28.6 Å². The first-order valence-corrected chi connectivity index (χ1v) is 10.3. The molecule has 0 aliphatic carbocycles. The molecule has 1 N–H and O–H groups in total. The van der Waals surface area contributed by atoms with Crippen LogP contribution in [0, 0.1) is 0 Å². The summed E-state index contributed by atoms with van der Waals surface area (Å²) in [5.74, 6) is 1.48. The Bertz CT molecular complexity index is 944. The van der Waals surface area contributed by atoms with Gasteiger partial charge in [0.15, 0.2) is 5.82 Å². The number of ether oxygens (including phenoxy) is 1. The third-order valence-electron chi connectivity index (χ3n) is 4.68. The van der Waals surface area contributed by atoms with Crippen LogP contribution < -0.4 is 4.74 Å². The second-order valence-corrected chi connectivity index (χ2v) is 7.22. The first kappa shape index (κ1) is 21.5. The first-order valence-electron chi connectivity index (χ1n) is 10.3. The van der Waals surface area contributed by atoms with Gasteiger partial charge in [0.25, 0.3) is 0 Å². The highest BCUT2D eigenvalue weighted by atomic mass is 16.5. The Morgan fingerprint density at radius 3 is 2.27 bits per heavy atom. The fourth-order valence-electron chi connectivity index (χ4n) is 3.02. The van der Waals surface area contributed by atoms with Gasteiger partial charge in [0.2, 0.25) is 0 Å². The number of aromatic nitrogens is 2. The van der Waals surface area contributed by atoms with Gasteiger partial charge in [-0.1, -0.05) is 49.1 Å². The molecule has 1 heterocycles. The number of hydrogen-bond donors (Lipinski definition) is 1. The zero-order chi connectivity index (χ0) is 21.2. The van der Waals surface area contributed by atoms with Gasteiger partial charge in [-0.15, -0.1) is 0 Å². The molecule has 0 aliphatic rings. The molecule has 4 heteroatoms. The molecule has 30 heavy (non-hydrogen) atoms. The van der Waals surface area contributed by atoms with Crippen LogP contribution in [0.4, 0.5) is 0 Å². The van der Waals surface area contributed by atoms with Crippen LogP contribution >= 0.6 is 0 Å². The SMILES string of the molecule is C=CCOc1ccc(-c2ncc(-c3ccc(C=CCCCC(C)O)cc3)cn2)cc1. The average molecular weight is 401 g/mol. The minimum absolute atomic E-state index is 0.220. The van der Waals surface area contributed by atoms with Crippen molar-refractivity contribution in [1.29, 1.82) is 0 Å². The van der Waals surface area contributed by atoms with Gasteiger partial charge in [-0.3, -0.25) is 0 Å². The highest BCUT2D eigenvalue weighted by molar-refractivity contribution is 5.66. The maximum Gasteiger partial charge on any atom is 0.159 e. The van der Waals surface area contributed by atoms with Gasteiger partial charge in [0, 0.05) is 23.5 Å². The monoisotopic (exact) mass is 400 g/mol. The number of unbranched alkanes of at least 4 members (excludes halogenated alkanes) is 1. The standard InChI is InChI=1S/C26H28N2O2/c1-3-17-30-25-15-13-23(14-16-25)26-27-18-24(19-28-26)22-11-9-21(10-12-22)8-6-4-5-7-20(2)29/h3,6,8-16,18-20,29H,1,4-5,7,17H2,2H3. The lowest BCUT2D eigenvalue weighted by Crippen LogP contribution is -1.97. The predicted molar refractivity (Wildman–Crippen MR) is 123 cm³/mol. The van der Waals surface area contributed by atoms with E-state index < -0.39 is 0 Å². The Labute approximate surface area is 178 Å². The van der Waals surface area contributed by atoms with Gasteiger partial charge in [-0.25, -0.2) is 9.97 Å². The van der Waals surface area contributed by atoms with Crippen LogP contribution in [0.1, 0.15) is 31.7 Å². The number of nitrogens with zero attached hydrogens (tertiary/aromatic N) is 2. The molecular weight excluding hydrogens is 372 g/mol. The quantitative estimate of drug-likeness (QED) is 0.338. The van der Waals surface area contributed by atoms with Crippen molar-refractivity contribution < 1.29 is 9.84 Å². The highest BCUT2D eigenvalue weighted by Crippen LogP contribution is 2.23. The third-order valence-corrected chi connectivity index (χ3v) is 4.68. The van der Waals surface area contributed by atoms with E-state index in [1.165, 1.54) is 0 Å². The Hall–Kier alpha value is -3.24. The first-order chi connectivity index (χ1) is 14.7. The lowest BCUT2D eigenvalue weighted by atomic mass is 10.1. The Kier molecular flexibility index (Phi) is 7.93. The summed E-state index contributed by atoms with van der Waals surface area (Å²) in [7, 11) is 0. The minimum atomic E-state index is -0.220.